The number of carbonyl (C=O) groups is 1. The molecule has 0 aliphatic heterocycles. The average Bonchev–Trinajstić information content (AvgIpc) is 2.45. The van der Waals surface area contributed by atoms with Gasteiger partial charge in [-0.1, -0.05) is 42.2 Å². The molecule has 0 aromatic heterocycles. The van der Waals surface area contributed by atoms with Crippen LogP contribution in [0.25, 0.3) is 0 Å². The number of carbonyl (C=O) groups excluding carboxylic acids is 1. The van der Waals surface area contributed by atoms with Crippen molar-refractivity contribution in [3.05, 3.63) is 65.7 Å². The summed E-state index contributed by atoms with van der Waals surface area (Å²) in [6.45, 7) is 0. The van der Waals surface area contributed by atoms with Crippen molar-refractivity contribution in [3.63, 3.8) is 0 Å². The molecule has 1 amide bonds. The van der Waals surface area contributed by atoms with Crippen LogP contribution in [0.5, 0.6) is 0 Å². The van der Waals surface area contributed by atoms with Crippen molar-refractivity contribution in [3.8, 4) is 11.8 Å². The van der Waals surface area contributed by atoms with Crippen LogP contribution in [0.1, 0.15) is 11.1 Å². The topological polar surface area (TPSA) is 20.3 Å². The number of hydrogen-bond acceptors (Lipinski definition) is 1. The number of hydrogen-bond donors (Lipinski definition) is 0. The largest absolute Gasteiger partial charge is 0.317 e. The molecule has 2 aromatic carbocycles. The van der Waals surface area contributed by atoms with E-state index in [0.717, 1.165) is 23.2 Å². The Kier molecular flexibility index (Phi) is 3.78. The highest BCUT2D eigenvalue weighted by atomic mass is 16.1. The molecule has 18 heavy (non-hydrogen) atoms. The van der Waals surface area contributed by atoms with Crippen molar-refractivity contribution >= 4 is 12.1 Å². The lowest BCUT2D eigenvalue weighted by molar-refractivity contribution is -0.107. The zero-order valence-electron chi connectivity index (χ0n) is 10.1. The minimum absolute atomic E-state index is 0.781. The fourth-order valence-corrected chi connectivity index (χ4v) is 1.60. The van der Waals surface area contributed by atoms with Crippen LogP contribution in [-0.2, 0) is 4.79 Å². The minimum atomic E-state index is 0.781. The van der Waals surface area contributed by atoms with E-state index in [-0.39, 0.29) is 0 Å². The second-order valence-corrected chi connectivity index (χ2v) is 3.85. The van der Waals surface area contributed by atoms with E-state index in [1.54, 1.807) is 7.05 Å². The zero-order valence-corrected chi connectivity index (χ0v) is 10.1. The van der Waals surface area contributed by atoms with Gasteiger partial charge in [0.2, 0.25) is 6.41 Å². The molecular formula is C16H13NO. The van der Waals surface area contributed by atoms with E-state index >= 15 is 0 Å². The number of anilines is 1. The van der Waals surface area contributed by atoms with Gasteiger partial charge in [0.25, 0.3) is 0 Å². The highest BCUT2D eigenvalue weighted by molar-refractivity contribution is 5.78. The first-order valence-electron chi connectivity index (χ1n) is 5.65. The maximum atomic E-state index is 10.8. The Bertz CT molecular complexity index is 593. The molecule has 0 saturated carbocycles. The third-order valence-corrected chi connectivity index (χ3v) is 2.56. The summed E-state index contributed by atoms with van der Waals surface area (Å²) in [5.74, 6) is 6.18. The Labute approximate surface area is 107 Å². The molecule has 2 nitrogen and oxygen atoms in total. The molecule has 0 spiro atoms. The predicted molar refractivity (Wildman–Crippen MR) is 73.3 cm³/mol. The van der Waals surface area contributed by atoms with Gasteiger partial charge < -0.3 is 4.90 Å². The Morgan fingerprint density at radius 1 is 0.944 bits per heavy atom. The molecule has 0 N–H and O–H groups in total. The van der Waals surface area contributed by atoms with Crippen molar-refractivity contribution in [2.75, 3.05) is 11.9 Å². The molecule has 88 valence electrons. The van der Waals surface area contributed by atoms with Crippen molar-refractivity contribution < 1.29 is 4.79 Å². The first kappa shape index (κ1) is 11.9. The van der Waals surface area contributed by atoms with Crippen LogP contribution in [0.2, 0.25) is 0 Å². The van der Waals surface area contributed by atoms with Gasteiger partial charge in [-0.05, 0) is 24.3 Å². The van der Waals surface area contributed by atoms with Gasteiger partial charge in [-0.3, -0.25) is 4.79 Å². The zero-order chi connectivity index (χ0) is 12.8. The average molecular weight is 235 g/mol. The Morgan fingerprint density at radius 2 is 1.61 bits per heavy atom. The summed E-state index contributed by atoms with van der Waals surface area (Å²) in [6, 6.07) is 17.4. The summed E-state index contributed by atoms with van der Waals surface area (Å²) in [4.78, 5) is 12.3. The number of nitrogens with zero attached hydrogens (tertiary/aromatic N) is 1. The second kappa shape index (κ2) is 5.70. The Hall–Kier alpha value is -2.53. The van der Waals surface area contributed by atoms with E-state index in [0.29, 0.717) is 0 Å². The molecule has 0 unspecified atom stereocenters. The normalized spacial score (nSPS) is 9.17. The molecule has 0 heterocycles. The highest BCUT2D eigenvalue weighted by Crippen LogP contribution is 2.16. The van der Waals surface area contributed by atoms with E-state index in [9.17, 15) is 4.79 Å². The number of rotatable bonds is 2. The molecule has 0 aliphatic carbocycles. The molecule has 0 fully saturated rings. The molecular weight excluding hydrogens is 222 g/mol. The molecule has 0 aliphatic rings. The van der Waals surface area contributed by atoms with Gasteiger partial charge in [-0.15, -0.1) is 0 Å². The summed E-state index contributed by atoms with van der Waals surface area (Å²) >= 11 is 0. The fourth-order valence-electron chi connectivity index (χ4n) is 1.60. The maximum absolute atomic E-state index is 10.8. The summed E-state index contributed by atoms with van der Waals surface area (Å²) in [7, 11) is 1.72. The summed E-state index contributed by atoms with van der Waals surface area (Å²) in [6.07, 6.45) is 0.781. The van der Waals surface area contributed by atoms with Crippen molar-refractivity contribution in [2.24, 2.45) is 0 Å². The Morgan fingerprint density at radius 3 is 2.33 bits per heavy atom. The van der Waals surface area contributed by atoms with Gasteiger partial charge >= 0.3 is 0 Å². The van der Waals surface area contributed by atoms with Crippen LogP contribution in [0, 0.1) is 11.8 Å². The highest BCUT2D eigenvalue weighted by Gasteiger charge is 2.02. The van der Waals surface area contributed by atoms with Crippen LogP contribution < -0.4 is 4.90 Å². The quantitative estimate of drug-likeness (QED) is 0.579. The fraction of sp³-hybridized carbons (Fsp3) is 0.0625. The summed E-state index contributed by atoms with van der Waals surface area (Å²) < 4.78 is 0. The number of amides is 1. The lowest BCUT2D eigenvalue weighted by Crippen LogP contribution is -2.14. The van der Waals surface area contributed by atoms with Gasteiger partial charge in [-0.25, -0.2) is 0 Å². The van der Waals surface area contributed by atoms with Gasteiger partial charge in [0.1, 0.15) is 0 Å². The van der Waals surface area contributed by atoms with Crippen LogP contribution >= 0.6 is 0 Å². The monoisotopic (exact) mass is 235 g/mol. The van der Waals surface area contributed by atoms with E-state index < -0.39 is 0 Å². The molecule has 0 bridgehead atoms. The van der Waals surface area contributed by atoms with Crippen molar-refractivity contribution in [2.45, 2.75) is 0 Å². The van der Waals surface area contributed by atoms with Crippen LogP contribution in [0.15, 0.2) is 54.6 Å². The van der Waals surface area contributed by atoms with Crippen LogP contribution in [0.3, 0.4) is 0 Å². The van der Waals surface area contributed by atoms with Crippen molar-refractivity contribution in [1.29, 1.82) is 0 Å². The third-order valence-electron chi connectivity index (χ3n) is 2.56. The predicted octanol–water partition coefficient (Wildman–Crippen LogP) is 2.68. The molecule has 0 saturated heterocycles. The van der Waals surface area contributed by atoms with Gasteiger partial charge in [-0.2, -0.15) is 0 Å². The standard InChI is InChI=1S/C16H13NO/c1-17(13-18)16-10-6-5-9-15(16)12-11-14-7-3-2-4-8-14/h2-10,13H,1H3. The van der Waals surface area contributed by atoms with E-state index in [4.69, 9.17) is 0 Å². The summed E-state index contributed by atoms with van der Waals surface area (Å²) in [5, 5.41) is 0. The van der Waals surface area contributed by atoms with E-state index in [1.807, 2.05) is 54.6 Å². The molecule has 2 aromatic rings. The SMILES string of the molecule is CN(C=O)c1ccccc1C#Cc1ccccc1. The third kappa shape index (κ3) is 2.78. The van der Waals surface area contributed by atoms with Gasteiger partial charge in [0.15, 0.2) is 0 Å². The van der Waals surface area contributed by atoms with Gasteiger partial charge in [0, 0.05) is 18.2 Å². The molecule has 2 rings (SSSR count). The van der Waals surface area contributed by atoms with Crippen LogP contribution in [0.4, 0.5) is 5.69 Å². The lowest BCUT2D eigenvalue weighted by atomic mass is 10.1. The Balaban J connectivity index is 2.36. The smallest absolute Gasteiger partial charge is 0.213 e. The maximum Gasteiger partial charge on any atom is 0.213 e. The minimum Gasteiger partial charge on any atom is -0.317 e. The summed E-state index contributed by atoms with van der Waals surface area (Å²) in [5.41, 5.74) is 2.62. The van der Waals surface area contributed by atoms with E-state index in [2.05, 4.69) is 11.8 Å². The number of para-hydroxylation sites is 1. The van der Waals surface area contributed by atoms with Crippen molar-refractivity contribution in [1.82, 2.24) is 0 Å². The van der Waals surface area contributed by atoms with Crippen LogP contribution in [-0.4, -0.2) is 13.5 Å². The first-order chi connectivity index (χ1) is 8.81. The second-order valence-electron chi connectivity index (χ2n) is 3.85. The molecule has 0 radical (unpaired) electrons. The van der Waals surface area contributed by atoms with Gasteiger partial charge in [0.05, 0.1) is 5.69 Å². The number of benzene rings is 2. The molecule has 2 heteroatoms. The lowest BCUT2D eigenvalue weighted by Gasteiger charge is -2.12. The molecule has 0 atom stereocenters. The first-order valence-corrected chi connectivity index (χ1v) is 5.65. The van der Waals surface area contributed by atoms with E-state index in [1.165, 1.54) is 4.90 Å².